The van der Waals surface area contributed by atoms with Gasteiger partial charge in [0.05, 0.1) is 13.2 Å². The Kier molecular flexibility index (Phi) is 7.43. The summed E-state index contributed by atoms with van der Waals surface area (Å²) in [6, 6.07) is 9.20. The zero-order valence-electron chi connectivity index (χ0n) is 20.8. The molecule has 0 unspecified atom stereocenters. The predicted molar refractivity (Wildman–Crippen MR) is 141 cm³/mol. The van der Waals surface area contributed by atoms with Gasteiger partial charge in [-0.15, -0.1) is 0 Å². The maximum absolute atomic E-state index is 13.8. The van der Waals surface area contributed by atoms with E-state index in [-0.39, 0.29) is 17.9 Å². The summed E-state index contributed by atoms with van der Waals surface area (Å²) in [6.45, 7) is 5.95. The average Bonchev–Trinajstić information content (AvgIpc) is 3.18. The fourth-order valence-corrected chi connectivity index (χ4v) is 5.66. The van der Waals surface area contributed by atoms with Crippen LogP contribution in [0.25, 0.3) is 0 Å². The Balaban J connectivity index is 1.64. The first kappa shape index (κ1) is 25.5. The Labute approximate surface area is 215 Å². The molecule has 0 spiro atoms. The highest BCUT2D eigenvalue weighted by Crippen LogP contribution is 2.42. The van der Waals surface area contributed by atoms with Crippen LogP contribution in [0.15, 0.2) is 34.8 Å². The van der Waals surface area contributed by atoms with Crippen molar-refractivity contribution in [2.24, 2.45) is 0 Å². The van der Waals surface area contributed by atoms with Gasteiger partial charge in [-0.1, -0.05) is 41.3 Å². The van der Waals surface area contributed by atoms with Gasteiger partial charge in [-0.3, -0.25) is 9.59 Å². The van der Waals surface area contributed by atoms with Gasteiger partial charge in [-0.05, 0) is 62.9 Å². The Morgan fingerprint density at radius 2 is 1.86 bits per heavy atom. The molecule has 2 aromatic carbocycles. The third kappa shape index (κ3) is 4.91. The molecule has 3 N–H and O–H groups in total. The molecule has 0 aromatic heterocycles. The van der Waals surface area contributed by atoms with Crippen molar-refractivity contribution in [1.29, 1.82) is 0 Å². The lowest BCUT2D eigenvalue weighted by Crippen LogP contribution is -2.58. The molecule has 4 rings (SSSR count). The van der Waals surface area contributed by atoms with E-state index in [1.807, 2.05) is 44.2 Å². The van der Waals surface area contributed by atoms with Crippen molar-refractivity contribution < 1.29 is 19.4 Å². The van der Waals surface area contributed by atoms with E-state index in [1.165, 1.54) is 0 Å². The number of hydrogen-bond donors (Lipinski definition) is 3. The van der Waals surface area contributed by atoms with Crippen LogP contribution in [0.5, 0.6) is 5.75 Å². The van der Waals surface area contributed by atoms with Gasteiger partial charge in [-0.2, -0.15) is 0 Å². The highest BCUT2D eigenvalue weighted by molar-refractivity contribution is 9.10. The van der Waals surface area contributed by atoms with Crippen molar-refractivity contribution in [3.8, 4) is 5.75 Å². The van der Waals surface area contributed by atoms with Crippen LogP contribution in [-0.2, 0) is 11.3 Å². The number of ether oxygens (including phenoxy) is 1. The molecular formula is C27H34BrN3O4. The minimum absolute atomic E-state index is 0.132. The zero-order valence-corrected chi connectivity index (χ0v) is 22.4. The third-order valence-corrected chi connectivity index (χ3v) is 8.10. The standard InChI is InChI=1S/C27H34BrN3O4/c1-16-8-9-19(14-24(16)35-4)30-26(34)27(10-6-5-7-11-27)31-15-22-21(25(31)33)12-20(13-23(22)28)29-17(2)18(3)32/h8-9,12-14,17-18,29,32H,5-7,10-11,15H2,1-4H3,(H,30,34)/t17-,18-/m0/s1. The number of anilines is 2. The van der Waals surface area contributed by atoms with Gasteiger partial charge < -0.3 is 25.4 Å². The monoisotopic (exact) mass is 543 g/mol. The van der Waals surface area contributed by atoms with E-state index in [1.54, 1.807) is 18.9 Å². The number of aliphatic hydroxyl groups is 1. The second-order valence-electron chi connectivity index (χ2n) is 9.78. The van der Waals surface area contributed by atoms with Crippen LogP contribution in [0.4, 0.5) is 11.4 Å². The number of aliphatic hydroxyl groups excluding tert-OH is 1. The minimum atomic E-state index is -0.910. The van der Waals surface area contributed by atoms with Crippen molar-refractivity contribution in [2.75, 3.05) is 17.7 Å². The molecular weight excluding hydrogens is 510 g/mol. The fourth-order valence-electron chi connectivity index (χ4n) is 5.08. The first-order valence-corrected chi connectivity index (χ1v) is 13.0. The van der Waals surface area contributed by atoms with Gasteiger partial charge in [0, 0.05) is 40.1 Å². The number of hydrogen-bond acceptors (Lipinski definition) is 5. The highest BCUT2D eigenvalue weighted by atomic mass is 79.9. The van der Waals surface area contributed by atoms with Crippen molar-refractivity contribution in [3.05, 3.63) is 51.5 Å². The number of rotatable bonds is 7. The van der Waals surface area contributed by atoms with Gasteiger partial charge in [0.2, 0.25) is 5.91 Å². The quantitative estimate of drug-likeness (QED) is 0.444. The second kappa shape index (κ2) is 10.2. The van der Waals surface area contributed by atoms with Crippen molar-refractivity contribution in [3.63, 3.8) is 0 Å². The van der Waals surface area contributed by atoms with Gasteiger partial charge in [-0.25, -0.2) is 0 Å². The number of carbonyl (C=O) groups excluding carboxylic acids is 2. The van der Waals surface area contributed by atoms with Crippen LogP contribution >= 0.6 is 15.9 Å². The molecule has 1 fully saturated rings. The number of benzene rings is 2. The number of aryl methyl sites for hydroxylation is 1. The molecule has 2 atom stereocenters. The molecule has 0 saturated heterocycles. The molecule has 2 aromatic rings. The van der Waals surface area contributed by atoms with E-state index in [0.717, 1.165) is 40.5 Å². The number of nitrogens with one attached hydrogen (secondary N) is 2. The third-order valence-electron chi connectivity index (χ3n) is 7.39. The number of carbonyl (C=O) groups is 2. The van der Waals surface area contributed by atoms with Gasteiger partial charge in [0.25, 0.3) is 5.91 Å². The largest absolute Gasteiger partial charge is 0.496 e. The number of methoxy groups -OCH3 is 1. The van der Waals surface area contributed by atoms with Gasteiger partial charge >= 0.3 is 0 Å². The first-order valence-electron chi connectivity index (χ1n) is 12.2. The molecule has 1 aliphatic carbocycles. The molecule has 0 bridgehead atoms. The summed E-state index contributed by atoms with van der Waals surface area (Å²) in [4.78, 5) is 29.4. The Morgan fingerprint density at radius 3 is 2.51 bits per heavy atom. The van der Waals surface area contributed by atoms with Crippen LogP contribution in [0.3, 0.4) is 0 Å². The summed E-state index contributed by atoms with van der Waals surface area (Å²) < 4.78 is 6.24. The molecule has 1 aliphatic heterocycles. The molecule has 0 radical (unpaired) electrons. The van der Waals surface area contributed by atoms with Crippen LogP contribution in [-0.4, -0.2) is 46.6 Å². The summed E-state index contributed by atoms with van der Waals surface area (Å²) in [5, 5.41) is 16.2. The fraction of sp³-hybridized carbons (Fsp3) is 0.481. The minimum Gasteiger partial charge on any atom is -0.496 e. The van der Waals surface area contributed by atoms with Gasteiger partial charge in [0.1, 0.15) is 11.3 Å². The lowest BCUT2D eigenvalue weighted by molar-refractivity contribution is -0.129. The highest BCUT2D eigenvalue weighted by Gasteiger charge is 2.50. The molecule has 8 heteroatoms. The number of halogens is 1. The number of fused-ring (bicyclic) bond motifs is 1. The smallest absolute Gasteiger partial charge is 0.255 e. The Morgan fingerprint density at radius 1 is 1.14 bits per heavy atom. The van der Waals surface area contributed by atoms with Crippen LogP contribution in [0, 0.1) is 6.92 Å². The molecule has 2 amide bonds. The molecule has 7 nitrogen and oxygen atoms in total. The zero-order chi connectivity index (χ0) is 25.3. The normalized spacial score (nSPS) is 18.6. The average molecular weight is 544 g/mol. The maximum Gasteiger partial charge on any atom is 0.255 e. The molecule has 2 aliphatic rings. The summed E-state index contributed by atoms with van der Waals surface area (Å²) in [5.41, 5.74) is 2.97. The van der Waals surface area contributed by atoms with Crippen LogP contribution < -0.4 is 15.4 Å². The van der Waals surface area contributed by atoms with Crippen LogP contribution in [0.2, 0.25) is 0 Å². The maximum atomic E-state index is 13.8. The van der Waals surface area contributed by atoms with E-state index in [2.05, 4.69) is 26.6 Å². The van der Waals surface area contributed by atoms with E-state index < -0.39 is 11.6 Å². The van der Waals surface area contributed by atoms with Crippen molar-refractivity contribution in [1.82, 2.24) is 4.90 Å². The predicted octanol–water partition coefficient (Wildman–Crippen LogP) is 5.24. The lowest BCUT2D eigenvalue weighted by atomic mass is 9.79. The number of amides is 2. The van der Waals surface area contributed by atoms with E-state index in [9.17, 15) is 14.7 Å². The summed E-state index contributed by atoms with van der Waals surface area (Å²) in [6.07, 6.45) is 3.56. The van der Waals surface area contributed by atoms with E-state index in [4.69, 9.17) is 4.74 Å². The molecule has 1 heterocycles. The van der Waals surface area contributed by atoms with Crippen molar-refractivity contribution in [2.45, 2.75) is 77.1 Å². The first-order chi connectivity index (χ1) is 16.7. The number of nitrogens with zero attached hydrogens (tertiary/aromatic N) is 1. The molecule has 188 valence electrons. The SMILES string of the molecule is COc1cc(NC(=O)C2(N3Cc4c(Br)cc(N[C@@H](C)[C@H](C)O)cc4C3=O)CCCCC2)ccc1C. The topological polar surface area (TPSA) is 90.9 Å². The van der Waals surface area contributed by atoms with E-state index >= 15 is 0 Å². The van der Waals surface area contributed by atoms with E-state index in [0.29, 0.717) is 36.4 Å². The summed E-state index contributed by atoms with van der Waals surface area (Å²) in [7, 11) is 1.61. The summed E-state index contributed by atoms with van der Waals surface area (Å²) in [5.74, 6) is 0.426. The van der Waals surface area contributed by atoms with Crippen LogP contribution in [0.1, 0.15) is 67.4 Å². The van der Waals surface area contributed by atoms with Gasteiger partial charge in [0.15, 0.2) is 0 Å². The lowest BCUT2D eigenvalue weighted by Gasteiger charge is -2.43. The molecule has 1 saturated carbocycles. The molecule has 35 heavy (non-hydrogen) atoms. The Hall–Kier alpha value is -2.58. The Bertz CT molecular complexity index is 1130. The van der Waals surface area contributed by atoms with Crippen molar-refractivity contribution >= 4 is 39.1 Å². The second-order valence-corrected chi connectivity index (χ2v) is 10.6. The summed E-state index contributed by atoms with van der Waals surface area (Å²) >= 11 is 3.64.